The number of hydrogen-bond donors (Lipinski definition) is 0. The molecule has 2 radical (unpaired) electrons. The van der Waals surface area contributed by atoms with Gasteiger partial charge in [0.05, 0.1) is 0 Å². The van der Waals surface area contributed by atoms with E-state index in [1.165, 1.54) is 11.1 Å². The second-order valence-electron chi connectivity index (χ2n) is 4.90. The number of hydrogen-bond acceptors (Lipinski definition) is 1. The molecule has 0 saturated heterocycles. The molecule has 1 aromatic heterocycles. The molecular formula is C18H11BO. The van der Waals surface area contributed by atoms with E-state index in [9.17, 15) is 0 Å². The van der Waals surface area contributed by atoms with Crippen LogP contribution < -0.4 is 5.46 Å². The molecule has 4 rings (SSSR count). The van der Waals surface area contributed by atoms with Crippen LogP contribution in [0.25, 0.3) is 33.1 Å². The molecule has 0 fully saturated rings. The summed E-state index contributed by atoms with van der Waals surface area (Å²) in [7, 11) is 6.10. The largest absolute Gasteiger partial charge is 0.456 e. The van der Waals surface area contributed by atoms with Gasteiger partial charge in [-0.1, -0.05) is 54.0 Å². The van der Waals surface area contributed by atoms with Crippen molar-refractivity contribution in [3.8, 4) is 11.1 Å². The van der Waals surface area contributed by atoms with E-state index in [0.717, 1.165) is 27.4 Å². The number of fused-ring (bicyclic) bond motifs is 3. The summed E-state index contributed by atoms with van der Waals surface area (Å²) >= 11 is 0. The average Bonchev–Trinajstić information content (AvgIpc) is 2.87. The van der Waals surface area contributed by atoms with Crippen LogP contribution in [0.4, 0.5) is 0 Å². The minimum atomic E-state index is 0.756. The molecule has 0 amide bonds. The van der Waals surface area contributed by atoms with Gasteiger partial charge in [0.2, 0.25) is 0 Å². The van der Waals surface area contributed by atoms with Gasteiger partial charge in [0.1, 0.15) is 19.0 Å². The van der Waals surface area contributed by atoms with Gasteiger partial charge in [-0.2, -0.15) is 0 Å². The van der Waals surface area contributed by atoms with Gasteiger partial charge in [-0.15, -0.1) is 0 Å². The van der Waals surface area contributed by atoms with E-state index >= 15 is 0 Å². The molecule has 92 valence electrons. The van der Waals surface area contributed by atoms with Crippen LogP contribution in [-0.2, 0) is 0 Å². The van der Waals surface area contributed by atoms with E-state index in [1.807, 2.05) is 42.5 Å². The predicted molar refractivity (Wildman–Crippen MR) is 84.5 cm³/mol. The van der Waals surface area contributed by atoms with Gasteiger partial charge in [-0.05, 0) is 29.3 Å². The van der Waals surface area contributed by atoms with E-state index in [2.05, 4.69) is 24.3 Å². The second-order valence-corrected chi connectivity index (χ2v) is 4.90. The van der Waals surface area contributed by atoms with Crippen LogP contribution in [0.5, 0.6) is 0 Å². The molecule has 4 aromatic rings. The molecule has 0 aliphatic heterocycles. The summed E-state index contributed by atoms with van der Waals surface area (Å²) in [5.74, 6) is 0. The van der Waals surface area contributed by atoms with Crippen molar-refractivity contribution in [2.24, 2.45) is 0 Å². The van der Waals surface area contributed by atoms with Crippen molar-refractivity contribution < 1.29 is 4.42 Å². The van der Waals surface area contributed by atoms with Gasteiger partial charge in [0.15, 0.2) is 0 Å². The fraction of sp³-hybridized carbons (Fsp3) is 0. The molecule has 0 bridgehead atoms. The molecule has 2 heteroatoms. The lowest BCUT2D eigenvalue weighted by molar-refractivity contribution is 0.669. The molecule has 0 unspecified atom stereocenters. The number of furan rings is 1. The average molecular weight is 254 g/mol. The maximum absolute atomic E-state index is 6.10. The van der Waals surface area contributed by atoms with Crippen molar-refractivity contribution in [1.29, 1.82) is 0 Å². The van der Waals surface area contributed by atoms with Crippen LogP contribution in [0.15, 0.2) is 71.1 Å². The summed E-state index contributed by atoms with van der Waals surface area (Å²) in [6.07, 6.45) is 0. The molecule has 0 aliphatic rings. The van der Waals surface area contributed by atoms with Crippen LogP contribution in [0.2, 0.25) is 0 Å². The lowest BCUT2D eigenvalue weighted by atomic mass is 9.90. The zero-order valence-corrected chi connectivity index (χ0v) is 10.8. The monoisotopic (exact) mass is 254 g/mol. The Labute approximate surface area is 118 Å². The fourth-order valence-corrected chi connectivity index (χ4v) is 2.66. The Bertz CT molecular complexity index is 907. The van der Waals surface area contributed by atoms with Crippen LogP contribution in [0.3, 0.4) is 0 Å². The van der Waals surface area contributed by atoms with Gasteiger partial charge in [0, 0.05) is 10.8 Å². The highest BCUT2D eigenvalue weighted by Crippen LogP contribution is 2.31. The Hall–Kier alpha value is -2.48. The van der Waals surface area contributed by atoms with Crippen LogP contribution in [0, 0.1) is 0 Å². The maximum Gasteiger partial charge on any atom is 0.135 e. The van der Waals surface area contributed by atoms with E-state index in [-0.39, 0.29) is 0 Å². The molecule has 1 heterocycles. The van der Waals surface area contributed by atoms with E-state index in [4.69, 9.17) is 12.3 Å². The highest BCUT2D eigenvalue weighted by molar-refractivity contribution is 6.41. The SMILES string of the molecule is [B]c1cccc2oc3ccc(-c4ccccc4)cc3c12. The zero-order valence-electron chi connectivity index (χ0n) is 10.8. The Kier molecular flexibility index (Phi) is 2.43. The molecule has 3 aromatic carbocycles. The lowest BCUT2D eigenvalue weighted by Gasteiger charge is -2.01. The van der Waals surface area contributed by atoms with Gasteiger partial charge in [0.25, 0.3) is 0 Å². The lowest BCUT2D eigenvalue weighted by Crippen LogP contribution is -2.01. The minimum absolute atomic E-state index is 0.756. The van der Waals surface area contributed by atoms with Gasteiger partial charge >= 0.3 is 0 Å². The fourth-order valence-electron chi connectivity index (χ4n) is 2.66. The summed E-state index contributed by atoms with van der Waals surface area (Å²) in [5.41, 5.74) is 4.83. The first-order chi connectivity index (χ1) is 9.83. The molecule has 0 saturated carbocycles. The molecule has 0 atom stereocenters. The molecule has 0 aliphatic carbocycles. The third-order valence-electron chi connectivity index (χ3n) is 3.63. The summed E-state index contributed by atoms with van der Waals surface area (Å²) in [4.78, 5) is 0. The smallest absolute Gasteiger partial charge is 0.135 e. The molecule has 1 nitrogen and oxygen atoms in total. The second kappa shape index (κ2) is 4.27. The van der Waals surface area contributed by atoms with Crippen molar-refractivity contribution >= 4 is 35.2 Å². The number of benzene rings is 3. The van der Waals surface area contributed by atoms with Gasteiger partial charge in [-0.3, -0.25) is 0 Å². The first-order valence-electron chi connectivity index (χ1n) is 6.59. The van der Waals surface area contributed by atoms with Crippen molar-refractivity contribution in [3.05, 3.63) is 66.7 Å². The summed E-state index contributed by atoms with van der Waals surface area (Å²) in [6, 6.07) is 22.3. The maximum atomic E-state index is 6.10. The number of rotatable bonds is 1. The van der Waals surface area contributed by atoms with Crippen LogP contribution in [0.1, 0.15) is 0 Å². The summed E-state index contributed by atoms with van der Waals surface area (Å²) in [5, 5.41) is 2.07. The molecular weight excluding hydrogens is 243 g/mol. The Morgan fingerprint density at radius 2 is 1.55 bits per heavy atom. The normalized spacial score (nSPS) is 11.2. The van der Waals surface area contributed by atoms with Crippen LogP contribution in [-0.4, -0.2) is 7.85 Å². The van der Waals surface area contributed by atoms with Crippen molar-refractivity contribution in [3.63, 3.8) is 0 Å². The summed E-state index contributed by atoms with van der Waals surface area (Å²) < 4.78 is 5.84. The van der Waals surface area contributed by atoms with Crippen LogP contribution >= 0.6 is 0 Å². The first-order valence-corrected chi connectivity index (χ1v) is 6.59. The highest BCUT2D eigenvalue weighted by Gasteiger charge is 2.09. The molecule has 0 N–H and O–H groups in total. The third-order valence-corrected chi connectivity index (χ3v) is 3.63. The zero-order chi connectivity index (χ0) is 13.5. The van der Waals surface area contributed by atoms with Crippen molar-refractivity contribution in [1.82, 2.24) is 0 Å². The topological polar surface area (TPSA) is 13.1 Å². The van der Waals surface area contributed by atoms with E-state index < -0.39 is 0 Å². The molecule has 20 heavy (non-hydrogen) atoms. The minimum Gasteiger partial charge on any atom is -0.456 e. The Morgan fingerprint density at radius 1 is 0.700 bits per heavy atom. The highest BCUT2D eigenvalue weighted by atomic mass is 16.3. The van der Waals surface area contributed by atoms with E-state index in [0.29, 0.717) is 0 Å². The molecule has 0 spiro atoms. The Balaban J connectivity index is 2.06. The third kappa shape index (κ3) is 1.65. The standard InChI is InChI=1S/C18H11BO/c19-15-7-4-8-17-18(15)14-11-13(9-10-16(14)20-17)12-5-2-1-3-6-12/h1-11H. The van der Waals surface area contributed by atoms with Crippen molar-refractivity contribution in [2.45, 2.75) is 0 Å². The van der Waals surface area contributed by atoms with Gasteiger partial charge in [-0.25, -0.2) is 0 Å². The van der Waals surface area contributed by atoms with E-state index in [1.54, 1.807) is 0 Å². The quantitative estimate of drug-likeness (QED) is 0.467. The Morgan fingerprint density at radius 3 is 2.40 bits per heavy atom. The van der Waals surface area contributed by atoms with Gasteiger partial charge < -0.3 is 4.42 Å². The summed E-state index contributed by atoms with van der Waals surface area (Å²) in [6.45, 7) is 0. The predicted octanol–water partition coefficient (Wildman–Crippen LogP) is 4.05. The first kappa shape index (κ1) is 11.4. The van der Waals surface area contributed by atoms with Crippen molar-refractivity contribution in [2.75, 3.05) is 0 Å².